The van der Waals surface area contributed by atoms with Crippen LogP contribution in [0.4, 0.5) is 4.39 Å². The fraction of sp³-hybridized carbons (Fsp3) is 0.538. The Hall–Kier alpha value is -1.13. The maximum Gasteiger partial charge on any atom is 0.131 e. The first-order chi connectivity index (χ1) is 8.06. The van der Waals surface area contributed by atoms with Gasteiger partial charge in [0, 0.05) is 17.7 Å². The highest BCUT2D eigenvalue weighted by Gasteiger charge is 2.27. The van der Waals surface area contributed by atoms with E-state index in [0.29, 0.717) is 11.5 Å². The minimum absolute atomic E-state index is 0.0550. The van der Waals surface area contributed by atoms with Crippen LogP contribution in [0.5, 0.6) is 5.75 Å². The van der Waals surface area contributed by atoms with Crippen molar-refractivity contribution in [2.24, 2.45) is 5.92 Å². The molecule has 0 aliphatic heterocycles. The maximum absolute atomic E-state index is 13.5. The zero-order valence-corrected chi connectivity index (χ0v) is 9.86. The third-order valence-corrected chi connectivity index (χ3v) is 3.37. The van der Waals surface area contributed by atoms with E-state index in [0.717, 1.165) is 25.5 Å². The van der Waals surface area contributed by atoms with Crippen LogP contribution in [0.1, 0.15) is 31.4 Å². The van der Waals surface area contributed by atoms with Gasteiger partial charge < -0.3 is 15.5 Å². The highest BCUT2D eigenvalue weighted by Crippen LogP contribution is 2.27. The average Bonchev–Trinajstić information content (AvgIpc) is 2.22. The molecule has 1 fully saturated rings. The average molecular weight is 239 g/mol. The first kappa shape index (κ1) is 12.3. The van der Waals surface area contributed by atoms with Gasteiger partial charge in [-0.15, -0.1) is 0 Å². The van der Waals surface area contributed by atoms with E-state index < -0.39 is 5.82 Å². The highest BCUT2D eigenvalue weighted by atomic mass is 19.1. The first-order valence-electron chi connectivity index (χ1n) is 5.96. The van der Waals surface area contributed by atoms with Gasteiger partial charge in [0.2, 0.25) is 0 Å². The van der Waals surface area contributed by atoms with Crippen molar-refractivity contribution in [1.29, 1.82) is 0 Å². The first-order valence-corrected chi connectivity index (χ1v) is 5.96. The molecule has 0 spiro atoms. The van der Waals surface area contributed by atoms with Gasteiger partial charge >= 0.3 is 0 Å². The Balaban J connectivity index is 1.88. The third kappa shape index (κ3) is 2.96. The summed E-state index contributed by atoms with van der Waals surface area (Å²) in [6, 6.07) is 4.12. The minimum Gasteiger partial charge on any atom is -0.508 e. The highest BCUT2D eigenvalue weighted by molar-refractivity contribution is 5.29. The van der Waals surface area contributed by atoms with E-state index in [2.05, 4.69) is 5.32 Å². The summed E-state index contributed by atoms with van der Waals surface area (Å²) < 4.78 is 13.5. The second-order valence-electron chi connectivity index (χ2n) is 4.83. The third-order valence-electron chi connectivity index (χ3n) is 3.37. The Bertz CT molecular complexity index is 391. The Labute approximate surface area is 100 Å². The number of aliphatic hydroxyl groups is 1. The van der Waals surface area contributed by atoms with Gasteiger partial charge in [-0.1, -0.05) is 6.07 Å². The lowest BCUT2D eigenvalue weighted by Gasteiger charge is -2.32. The summed E-state index contributed by atoms with van der Waals surface area (Å²) in [6.45, 7) is 2.68. The molecule has 94 valence electrons. The van der Waals surface area contributed by atoms with E-state index in [4.69, 9.17) is 10.2 Å². The molecule has 0 amide bonds. The lowest BCUT2D eigenvalue weighted by molar-refractivity contribution is 0.0420. The molecule has 4 heteroatoms. The number of rotatable bonds is 4. The van der Waals surface area contributed by atoms with E-state index in [1.54, 1.807) is 6.07 Å². The lowest BCUT2D eigenvalue weighted by Crippen LogP contribution is -2.37. The Morgan fingerprint density at radius 3 is 2.76 bits per heavy atom. The number of halogens is 1. The predicted molar refractivity (Wildman–Crippen MR) is 63.2 cm³/mol. The van der Waals surface area contributed by atoms with Crippen LogP contribution in [0.15, 0.2) is 18.2 Å². The number of nitrogens with one attached hydrogen (secondary N) is 1. The van der Waals surface area contributed by atoms with E-state index in [9.17, 15) is 4.39 Å². The van der Waals surface area contributed by atoms with Gasteiger partial charge in [-0.3, -0.25) is 0 Å². The molecule has 17 heavy (non-hydrogen) atoms. The molecule has 0 aromatic heterocycles. The van der Waals surface area contributed by atoms with Gasteiger partial charge in [-0.25, -0.2) is 4.39 Å². The summed E-state index contributed by atoms with van der Waals surface area (Å²) in [5.41, 5.74) is 0.558. The van der Waals surface area contributed by atoms with E-state index >= 15 is 0 Å². The summed E-state index contributed by atoms with van der Waals surface area (Å²) in [4.78, 5) is 0. The lowest BCUT2D eigenvalue weighted by atomic mass is 9.82. The largest absolute Gasteiger partial charge is 0.508 e. The van der Waals surface area contributed by atoms with Crippen molar-refractivity contribution in [3.05, 3.63) is 29.6 Å². The number of benzene rings is 1. The molecule has 1 atom stereocenters. The normalized spacial score (nSPS) is 25.4. The molecule has 1 saturated carbocycles. The van der Waals surface area contributed by atoms with Crippen LogP contribution in [-0.2, 0) is 0 Å². The molecule has 0 radical (unpaired) electrons. The molecular weight excluding hydrogens is 221 g/mol. The molecule has 1 aliphatic carbocycles. The fourth-order valence-electron chi connectivity index (χ4n) is 2.19. The number of hydrogen-bond acceptors (Lipinski definition) is 3. The van der Waals surface area contributed by atoms with Gasteiger partial charge in [0.05, 0.1) is 6.10 Å². The zero-order chi connectivity index (χ0) is 12.4. The van der Waals surface area contributed by atoms with Crippen molar-refractivity contribution in [3.63, 3.8) is 0 Å². The number of phenols is 1. The minimum atomic E-state index is -0.390. The Morgan fingerprint density at radius 2 is 2.18 bits per heavy atom. The number of aliphatic hydroxyl groups excluding tert-OH is 1. The van der Waals surface area contributed by atoms with Crippen LogP contribution in [0.2, 0.25) is 0 Å². The second-order valence-corrected chi connectivity index (χ2v) is 4.83. The van der Waals surface area contributed by atoms with Crippen molar-refractivity contribution < 1.29 is 14.6 Å². The molecule has 1 aromatic carbocycles. The van der Waals surface area contributed by atoms with Crippen LogP contribution >= 0.6 is 0 Å². The van der Waals surface area contributed by atoms with Crippen molar-refractivity contribution in [2.45, 2.75) is 31.9 Å². The maximum atomic E-state index is 13.5. The second kappa shape index (κ2) is 5.02. The molecule has 3 nitrogen and oxygen atoms in total. The summed E-state index contributed by atoms with van der Waals surface area (Å²) in [5, 5.41) is 21.5. The number of aromatic hydroxyl groups is 1. The van der Waals surface area contributed by atoms with Gasteiger partial charge in [-0.05, 0) is 38.3 Å². The quantitative estimate of drug-likeness (QED) is 0.752. The standard InChI is InChI=1S/C13H18FNO2/c1-8(15-7-9-4-11(17)5-9)12-3-2-10(16)6-13(12)14/h2-3,6,8-9,11,15-17H,4-5,7H2,1H3. The molecule has 1 unspecified atom stereocenters. The van der Waals surface area contributed by atoms with Crippen molar-refractivity contribution in [2.75, 3.05) is 6.54 Å². The number of phenolic OH excluding ortho intramolecular Hbond substituents is 1. The van der Waals surface area contributed by atoms with Gasteiger partial charge in [0.1, 0.15) is 11.6 Å². The molecule has 0 heterocycles. The van der Waals surface area contributed by atoms with Crippen LogP contribution in [0.3, 0.4) is 0 Å². The summed E-state index contributed by atoms with van der Waals surface area (Å²) in [6.07, 6.45) is 1.51. The molecule has 2 rings (SSSR count). The van der Waals surface area contributed by atoms with Crippen molar-refractivity contribution in [1.82, 2.24) is 5.32 Å². The predicted octanol–water partition coefficient (Wildman–Crippen LogP) is 1.95. The molecule has 3 N–H and O–H groups in total. The fourth-order valence-corrected chi connectivity index (χ4v) is 2.19. The van der Waals surface area contributed by atoms with Crippen LogP contribution in [0.25, 0.3) is 0 Å². The SMILES string of the molecule is CC(NCC1CC(O)C1)c1ccc(O)cc1F. The van der Waals surface area contributed by atoms with Gasteiger partial charge in [0.15, 0.2) is 0 Å². The Kier molecular flexibility index (Phi) is 3.64. The van der Waals surface area contributed by atoms with Crippen LogP contribution in [0, 0.1) is 11.7 Å². The summed E-state index contributed by atoms with van der Waals surface area (Å²) in [5.74, 6) is 0.0480. The van der Waals surface area contributed by atoms with Gasteiger partial charge in [-0.2, -0.15) is 0 Å². The number of hydrogen-bond donors (Lipinski definition) is 3. The Morgan fingerprint density at radius 1 is 1.47 bits per heavy atom. The molecule has 1 aliphatic rings. The topological polar surface area (TPSA) is 52.5 Å². The molecular formula is C13H18FNO2. The van der Waals surface area contributed by atoms with Gasteiger partial charge in [0.25, 0.3) is 0 Å². The smallest absolute Gasteiger partial charge is 0.131 e. The van der Waals surface area contributed by atoms with Crippen molar-refractivity contribution in [3.8, 4) is 5.75 Å². The molecule has 0 bridgehead atoms. The van der Waals surface area contributed by atoms with E-state index in [-0.39, 0.29) is 17.9 Å². The van der Waals surface area contributed by atoms with E-state index in [1.165, 1.54) is 6.07 Å². The summed E-state index contributed by atoms with van der Waals surface area (Å²) >= 11 is 0. The molecule has 0 saturated heterocycles. The van der Waals surface area contributed by atoms with E-state index in [1.807, 2.05) is 6.92 Å². The monoisotopic (exact) mass is 239 g/mol. The van der Waals surface area contributed by atoms with Crippen LogP contribution < -0.4 is 5.32 Å². The molecule has 1 aromatic rings. The summed E-state index contributed by atoms with van der Waals surface area (Å²) in [7, 11) is 0. The zero-order valence-electron chi connectivity index (χ0n) is 9.86. The van der Waals surface area contributed by atoms with Crippen LogP contribution in [-0.4, -0.2) is 22.9 Å². The van der Waals surface area contributed by atoms with Crippen molar-refractivity contribution >= 4 is 0 Å².